The second-order valence-electron chi connectivity index (χ2n) is 5.65. The van der Waals surface area contributed by atoms with Crippen LogP contribution in [-0.4, -0.2) is 16.9 Å². The smallest absolute Gasteiger partial charge is 0.237 e. The van der Waals surface area contributed by atoms with Crippen molar-refractivity contribution in [2.45, 2.75) is 64.5 Å². The number of rotatable bonds is 6. The maximum atomic E-state index is 12.0. The number of hydrogen-bond acceptors (Lipinski definition) is 4. The van der Waals surface area contributed by atoms with E-state index in [4.69, 9.17) is 5.73 Å². The first kappa shape index (κ1) is 15.4. The van der Waals surface area contributed by atoms with Gasteiger partial charge in [-0.3, -0.25) is 4.79 Å². The maximum Gasteiger partial charge on any atom is 0.237 e. The summed E-state index contributed by atoms with van der Waals surface area (Å²) in [4.78, 5) is 16.4. The molecule has 20 heavy (non-hydrogen) atoms. The minimum atomic E-state index is -0.372. The molecule has 1 heterocycles. The molecular formula is C15H25N3OS. The van der Waals surface area contributed by atoms with Gasteiger partial charge in [-0.1, -0.05) is 39.0 Å². The zero-order valence-electron chi connectivity index (χ0n) is 12.2. The van der Waals surface area contributed by atoms with E-state index in [0.29, 0.717) is 12.5 Å². The molecule has 1 aromatic rings. The van der Waals surface area contributed by atoms with E-state index in [1.54, 1.807) is 11.3 Å². The highest BCUT2D eigenvalue weighted by Crippen LogP contribution is 2.26. The molecule has 1 atom stereocenters. The van der Waals surface area contributed by atoms with Crippen molar-refractivity contribution in [2.75, 3.05) is 0 Å². The third-order valence-electron chi connectivity index (χ3n) is 4.02. The zero-order chi connectivity index (χ0) is 14.4. The summed E-state index contributed by atoms with van der Waals surface area (Å²) in [5, 5.41) is 5.91. The molecule has 1 amide bonds. The van der Waals surface area contributed by atoms with Crippen LogP contribution in [0.4, 0.5) is 0 Å². The van der Waals surface area contributed by atoms with Crippen molar-refractivity contribution in [2.24, 2.45) is 11.7 Å². The molecule has 2 rings (SSSR count). The molecule has 4 nitrogen and oxygen atoms in total. The Morgan fingerprint density at radius 1 is 1.50 bits per heavy atom. The van der Waals surface area contributed by atoms with E-state index in [1.165, 1.54) is 32.1 Å². The molecule has 3 N–H and O–H groups in total. The standard InChI is InChI=1S/C15H25N3OS/c1-2-12-10-20-14(18-12)9-17-15(19)13(16)8-11-6-4-3-5-7-11/h10-11,13H,2-9,16H2,1H3,(H,17,19)/t13-/m0/s1. The van der Waals surface area contributed by atoms with Gasteiger partial charge < -0.3 is 11.1 Å². The van der Waals surface area contributed by atoms with Gasteiger partial charge in [0.2, 0.25) is 5.91 Å². The lowest BCUT2D eigenvalue weighted by atomic mass is 9.85. The molecule has 1 aliphatic carbocycles. The number of nitrogens with one attached hydrogen (secondary N) is 1. The topological polar surface area (TPSA) is 68.0 Å². The monoisotopic (exact) mass is 295 g/mol. The Morgan fingerprint density at radius 3 is 2.90 bits per heavy atom. The van der Waals surface area contributed by atoms with Gasteiger partial charge in [0.15, 0.2) is 0 Å². The molecule has 0 saturated heterocycles. The summed E-state index contributed by atoms with van der Waals surface area (Å²) in [6.07, 6.45) is 8.13. The molecular weight excluding hydrogens is 270 g/mol. The first-order valence-electron chi connectivity index (χ1n) is 7.65. The van der Waals surface area contributed by atoms with Crippen molar-refractivity contribution in [1.29, 1.82) is 0 Å². The summed E-state index contributed by atoms with van der Waals surface area (Å²) in [5.74, 6) is 0.597. The van der Waals surface area contributed by atoms with E-state index in [9.17, 15) is 4.79 Å². The molecule has 1 saturated carbocycles. The molecule has 0 unspecified atom stereocenters. The van der Waals surface area contributed by atoms with Crippen LogP contribution in [0.2, 0.25) is 0 Å². The van der Waals surface area contributed by atoms with Gasteiger partial charge >= 0.3 is 0 Å². The van der Waals surface area contributed by atoms with E-state index >= 15 is 0 Å². The number of carbonyl (C=O) groups is 1. The highest BCUT2D eigenvalue weighted by atomic mass is 32.1. The van der Waals surface area contributed by atoms with Gasteiger partial charge in [0, 0.05) is 5.38 Å². The average Bonchev–Trinajstić information content (AvgIpc) is 2.93. The first-order chi connectivity index (χ1) is 9.69. The number of nitrogens with zero attached hydrogens (tertiary/aromatic N) is 1. The van der Waals surface area contributed by atoms with Crippen LogP contribution in [0.15, 0.2) is 5.38 Å². The Hall–Kier alpha value is -0.940. The quantitative estimate of drug-likeness (QED) is 0.847. The Bertz CT molecular complexity index is 427. The lowest BCUT2D eigenvalue weighted by Crippen LogP contribution is -2.41. The summed E-state index contributed by atoms with van der Waals surface area (Å²) in [6, 6.07) is -0.372. The predicted octanol–water partition coefficient (Wildman–Crippen LogP) is 2.62. The fourth-order valence-corrected chi connectivity index (χ4v) is 3.59. The Morgan fingerprint density at radius 2 is 2.25 bits per heavy atom. The van der Waals surface area contributed by atoms with Crippen molar-refractivity contribution in [3.8, 4) is 0 Å². The highest BCUT2D eigenvalue weighted by molar-refractivity contribution is 7.09. The molecule has 0 aromatic carbocycles. The van der Waals surface area contributed by atoms with Crippen LogP contribution in [0.25, 0.3) is 0 Å². The van der Waals surface area contributed by atoms with Crippen molar-refractivity contribution < 1.29 is 4.79 Å². The number of aromatic nitrogens is 1. The van der Waals surface area contributed by atoms with Crippen molar-refractivity contribution in [3.05, 3.63) is 16.1 Å². The molecule has 112 valence electrons. The molecule has 1 fully saturated rings. The Kier molecular flexibility index (Phi) is 5.98. The lowest BCUT2D eigenvalue weighted by molar-refractivity contribution is -0.123. The van der Waals surface area contributed by atoms with Gasteiger partial charge in [-0.2, -0.15) is 0 Å². The van der Waals surface area contributed by atoms with Crippen LogP contribution >= 0.6 is 11.3 Å². The van der Waals surface area contributed by atoms with Gasteiger partial charge in [-0.05, 0) is 18.8 Å². The van der Waals surface area contributed by atoms with Crippen molar-refractivity contribution in [1.82, 2.24) is 10.3 Å². The van der Waals surface area contributed by atoms with Crippen LogP contribution in [0.1, 0.15) is 56.2 Å². The fraction of sp³-hybridized carbons (Fsp3) is 0.733. The van der Waals surface area contributed by atoms with Crippen LogP contribution in [0.3, 0.4) is 0 Å². The maximum absolute atomic E-state index is 12.0. The SMILES string of the molecule is CCc1csc(CNC(=O)[C@@H](N)CC2CCCCC2)n1. The van der Waals surface area contributed by atoms with E-state index in [-0.39, 0.29) is 11.9 Å². The molecule has 0 bridgehead atoms. The molecule has 1 aliphatic rings. The van der Waals surface area contributed by atoms with Crippen LogP contribution < -0.4 is 11.1 Å². The second kappa shape index (κ2) is 7.74. The van der Waals surface area contributed by atoms with Crippen molar-refractivity contribution in [3.63, 3.8) is 0 Å². The highest BCUT2D eigenvalue weighted by Gasteiger charge is 2.21. The summed E-state index contributed by atoms with van der Waals surface area (Å²) < 4.78 is 0. The van der Waals surface area contributed by atoms with Gasteiger partial charge in [0.05, 0.1) is 18.3 Å². The first-order valence-corrected chi connectivity index (χ1v) is 8.53. The Balaban J connectivity index is 1.72. The zero-order valence-corrected chi connectivity index (χ0v) is 13.0. The third kappa shape index (κ3) is 4.56. The third-order valence-corrected chi connectivity index (χ3v) is 4.92. The van der Waals surface area contributed by atoms with E-state index in [1.807, 2.05) is 5.38 Å². The van der Waals surface area contributed by atoms with E-state index in [0.717, 1.165) is 23.5 Å². The number of thiazole rings is 1. The summed E-state index contributed by atoms with van der Waals surface area (Å²) >= 11 is 1.60. The van der Waals surface area contributed by atoms with Crippen LogP contribution in [0, 0.1) is 5.92 Å². The number of aryl methyl sites for hydroxylation is 1. The number of amides is 1. The molecule has 0 radical (unpaired) electrons. The van der Waals surface area contributed by atoms with Gasteiger partial charge in [-0.25, -0.2) is 4.98 Å². The van der Waals surface area contributed by atoms with E-state index in [2.05, 4.69) is 17.2 Å². The van der Waals surface area contributed by atoms with Gasteiger partial charge in [0.1, 0.15) is 5.01 Å². The van der Waals surface area contributed by atoms with Crippen LogP contribution in [-0.2, 0) is 17.8 Å². The molecule has 0 aliphatic heterocycles. The normalized spacial score (nSPS) is 17.9. The summed E-state index contributed by atoms with van der Waals surface area (Å²) in [7, 11) is 0. The van der Waals surface area contributed by atoms with Gasteiger partial charge in [0.25, 0.3) is 0 Å². The average molecular weight is 295 g/mol. The predicted molar refractivity (Wildman–Crippen MR) is 82.5 cm³/mol. The minimum Gasteiger partial charge on any atom is -0.348 e. The fourth-order valence-electron chi connectivity index (χ4n) is 2.78. The molecule has 1 aromatic heterocycles. The lowest BCUT2D eigenvalue weighted by Gasteiger charge is -2.24. The summed E-state index contributed by atoms with van der Waals surface area (Å²) in [5.41, 5.74) is 7.10. The number of hydrogen-bond donors (Lipinski definition) is 2. The van der Waals surface area contributed by atoms with Gasteiger partial charge in [-0.15, -0.1) is 11.3 Å². The van der Waals surface area contributed by atoms with Crippen molar-refractivity contribution >= 4 is 17.2 Å². The molecule has 5 heteroatoms. The largest absolute Gasteiger partial charge is 0.348 e. The second-order valence-corrected chi connectivity index (χ2v) is 6.59. The number of carbonyl (C=O) groups excluding carboxylic acids is 1. The Labute approximate surface area is 125 Å². The minimum absolute atomic E-state index is 0.0381. The summed E-state index contributed by atoms with van der Waals surface area (Å²) in [6.45, 7) is 2.58. The molecule has 0 spiro atoms. The van der Waals surface area contributed by atoms with E-state index < -0.39 is 0 Å². The van der Waals surface area contributed by atoms with Crippen LogP contribution in [0.5, 0.6) is 0 Å². The number of nitrogens with two attached hydrogens (primary N) is 1.